The molecule has 0 aromatic carbocycles. The highest BCUT2D eigenvalue weighted by Crippen LogP contribution is 2.25. The molecule has 2 rings (SSSR count). The molecule has 0 aliphatic carbocycles. The van der Waals surface area contributed by atoms with Gasteiger partial charge >= 0.3 is 0 Å². The Morgan fingerprint density at radius 1 is 1.32 bits per heavy atom. The van der Waals surface area contributed by atoms with Crippen LogP contribution in [-0.2, 0) is 9.53 Å². The molecule has 19 heavy (non-hydrogen) atoms. The lowest BCUT2D eigenvalue weighted by Gasteiger charge is -2.33. The summed E-state index contributed by atoms with van der Waals surface area (Å²) in [5, 5.41) is 0. The van der Waals surface area contributed by atoms with Gasteiger partial charge in [-0.05, 0) is 12.1 Å². The molecule has 1 aliphatic heterocycles. The fraction of sp³-hybridized carbons (Fsp3) is 0.538. The molecule has 6 heteroatoms. The van der Waals surface area contributed by atoms with Gasteiger partial charge in [0.25, 0.3) is 0 Å². The van der Waals surface area contributed by atoms with Crippen molar-refractivity contribution < 1.29 is 14.3 Å². The Bertz CT molecular complexity index is 406. The third-order valence-corrected chi connectivity index (χ3v) is 3.06. The second-order valence-corrected chi connectivity index (χ2v) is 4.29. The number of rotatable bonds is 6. The van der Waals surface area contributed by atoms with E-state index in [0.29, 0.717) is 13.2 Å². The minimum absolute atomic E-state index is 0.503. The summed E-state index contributed by atoms with van der Waals surface area (Å²) in [6.07, 6.45) is 2.65. The van der Waals surface area contributed by atoms with Crippen LogP contribution in [0, 0.1) is 0 Å². The lowest BCUT2D eigenvalue weighted by Crippen LogP contribution is -2.46. The van der Waals surface area contributed by atoms with Crippen LogP contribution in [0.3, 0.4) is 0 Å². The van der Waals surface area contributed by atoms with Crippen LogP contribution in [0.2, 0.25) is 0 Å². The van der Waals surface area contributed by atoms with Crippen molar-refractivity contribution in [1.82, 2.24) is 9.88 Å². The van der Waals surface area contributed by atoms with Gasteiger partial charge in [0.2, 0.25) is 6.41 Å². The Morgan fingerprint density at radius 3 is 2.79 bits per heavy atom. The van der Waals surface area contributed by atoms with E-state index in [1.165, 1.54) is 0 Å². The summed E-state index contributed by atoms with van der Waals surface area (Å²) in [4.78, 5) is 19.0. The molecule has 0 saturated carbocycles. The van der Waals surface area contributed by atoms with Gasteiger partial charge in [-0.3, -0.25) is 4.79 Å². The van der Waals surface area contributed by atoms with Gasteiger partial charge < -0.3 is 19.3 Å². The molecule has 1 saturated heterocycles. The topological polar surface area (TPSA) is 54.9 Å². The van der Waals surface area contributed by atoms with Gasteiger partial charge in [-0.15, -0.1) is 0 Å². The van der Waals surface area contributed by atoms with Crippen molar-refractivity contribution in [3.8, 4) is 5.75 Å². The van der Waals surface area contributed by atoms with Gasteiger partial charge in [-0.1, -0.05) is 0 Å². The van der Waals surface area contributed by atoms with Crippen molar-refractivity contribution in [2.75, 3.05) is 51.4 Å². The van der Waals surface area contributed by atoms with E-state index >= 15 is 0 Å². The standard InChI is InChI=1S/C13H19N3O3/c1-18-9-10-19-12-3-2-4-14-13(12)16-7-5-15(11-17)6-8-16/h2-4,11H,5-10H2,1H3. The van der Waals surface area contributed by atoms with E-state index < -0.39 is 0 Å². The number of nitrogens with zero attached hydrogens (tertiary/aromatic N) is 3. The molecule has 2 heterocycles. The summed E-state index contributed by atoms with van der Waals surface area (Å²) in [5.41, 5.74) is 0. The smallest absolute Gasteiger partial charge is 0.209 e. The fourth-order valence-corrected chi connectivity index (χ4v) is 2.01. The molecule has 1 aromatic heterocycles. The van der Waals surface area contributed by atoms with Crippen LogP contribution in [-0.4, -0.2) is 62.8 Å². The van der Waals surface area contributed by atoms with E-state index in [0.717, 1.165) is 44.2 Å². The Morgan fingerprint density at radius 2 is 2.11 bits per heavy atom. The third kappa shape index (κ3) is 3.57. The molecule has 104 valence electrons. The number of piperazine rings is 1. The van der Waals surface area contributed by atoms with Gasteiger partial charge in [0.1, 0.15) is 6.61 Å². The molecular formula is C13H19N3O3. The first-order valence-corrected chi connectivity index (χ1v) is 6.36. The Kier molecular flexibility index (Phi) is 4.97. The maximum Gasteiger partial charge on any atom is 0.209 e. The van der Waals surface area contributed by atoms with Crippen molar-refractivity contribution in [1.29, 1.82) is 0 Å². The van der Waals surface area contributed by atoms with Gasteiger partial charge in [0.05, 0.1) is 6.61 Å². The van der Waals surface area contributed by atoms with Crippen LogP contribution >= 0.6 is 0 Å². The summed E-state index contributed by atoms with van der Waals surface area (Å²) >= 11 is 0. The molecule has 0 atom stereocenters. The monoisotopic (exact) mass is 265 g/mol. The molecule has 1 fully saturated rings. The van der Waals surface area contributed by atoms with Crippen molar-refractivity contribution in [2.24, 2.45) is 0 Å². The number of ether oxygens (including phenoxy) is 2. The van der Waals surface area contributed by atoms with E-state index in [1.807, 2.05) is 12.1 Å². The molecular weight excluding hydrogens is 246 g/mol. The van der Waals surface area contributed by atoms with Crippen molar-refractivity contribution >= 4 is 12.2 Å². The SMILES string of the molecule is COCCOc1cccnc1N1CCN(C=O)CC1. The summed E-state index contributed by atoms with van der Waals surface area (Å²) in [7, 11) is 1.65. The van der Waals surface area contributed by atoms with Crippen LogP contribution in [0.25, 0.3) is 0 Å². The van der Waals surface area contributed by atoms with Crippen LogP contribution in [0.5, 0.6) is 5.75 Å². The van der Waals surface area contributed by atoms with Gasteiger partial charge in [0, 0.05) is 39.5 Å². The van der Waals surface area contributed by atoms with Crippen LogP contribution in [0.15, 0.2) is 18.3 Å². The number of carbonyl (C=O) groups is 1. The second kappa shape index (κ2) is 6.94. The maximum atomic E-state index is 10.7. The van der Waals surface area contributed by atoms with Crippen LogP contribution in [0.1, 0.15) is 0 Å². The Labute approximate surface area is 112 Å². The quantitative estimate of drug-likeness (QED) is 0.550. The summed E-state index contributed by atoms with van der Waals surface area (Å²) < 4.78 is 10.6. The first kappa shape index (κ1) is 13.6. The van der Waals surface area contributed by atoms with E-state index in [9.17, 15) is 4.79 Å². The fourth-order valence-electron chi connectivity index (χ4n) is 2.01. The van der Waals surface area contributed by atoms with Crippen LogP contribution < -0.4 is 9.64 Å². The predicted molar refractivity (Wildman–Crippen MR) is 71.5 cm³/mol. The molecule has 0 bridgehead atoms. The normalized spacial score (nSPS) is 15.4. The number of hydrogen-bond acceptors (Lipinski definition) is 5. The van der Waals surface area contributed by atoms with Gasteiger partial charge in [-0.2, -0.15) is 0 Å². The third-order valence-electron chi connectivity index (χ3n) is 3.06. The zero-order valence-corrected chi connectivity index (χ0v) is 11.1. The van der Waals surface area contributed by atoms with Gasteiger partial charge in [0.15, 0.2) is 11.6 Å². The van der Waals surface area contributed by atoms with Gasteiger partial charge in [-0.25, -0.2) is 4.98 Å². The summed E-state index contributed by atoms with van der Waals surface area (Å²) in [6.45, 7) is 4.04. The second-order valence-electron chi connectivity index (χ2n) is 4.29. The first-order valence-electron chi connectivity index (χ1n) is 6.36. The number of pyridine rings is 1. The predicted octanol–water partition coefficient (Wildman–Crippen LogP) is 0.385. The zero-order chi connectivity index (χ0) is 13.5. The average Bonchev–Trinajstić information content (AvgIpc) is 2.48. The number of aromatic nitrogens is 1. The summed E-state index contributed by atoms with van der Waals surface area (Å²) in [5.74, 6) is 1.60. The highest BCUT2D eigenvalue weighted by atomic mass is 16.5. The van der Waals surface area contributed by atoms with E-state index in [4.69, 9.17) is 9.47 Å². The highest BCUT2D eigenvalue weighted by molar-refractivity contribution is 5.54. The lowest BCUT2D eigenvalue weighted by molar-refractivity contribution is -0.118. The Hall–Kier alpha value is -1.82. The van der Waals surface area contributed by atoms with Crippen molar-refractivity contribution in [2.45, 2.75) is 0 Å². The van der Waals surface area contributed by atoms with Crippen molar-refractivity contribution in [3.63, 3.8) is 0 Å². The van der Waals surface area contributed by atoms with Crippen LogP contribution in [0.4, 0.5) is 5.82 Å². The van der Waals surface area contributed by atoms with E-state index in [-0.39, 0.29) is 0 Å². The van der Waals surface area contributed by atoms with Crippen molar-refractivity contribution in [3.05, 3.63) is 18.3 Å². The van der Waals surface area contributed by atoms with E-state index in [1.54, 1.807) is 18.2 Å². The molecule has 0 N–H and O–H groups in total. The Balaban J connectivity index is 2.01. The number of anilines is 1. The maximum absolute atomic E-state index is 10.7. The average molecular weight is 265 g/mol. The number of carbonyl (C=O) groups excluding carboxylic acids is 1. The molecule has 0 spiro atoms. The number of amides is 1. The summed E-state index contributed by atoms with van der Waals surface area (Å²) in [6, 6.07) is 3.76. The largest absolute Gasteiger partial charge is 0.487 e. The lowest BCUT2D eigenvalue weighted by atomic mass is 10.3. The molecule has 1 aromatic rings. The zero-order valence-electron chi connectivity index (χ0n) is 11.1. The number of hydrogen-bond donors (Lipinski definition) is 0. The van der Waals surface area contributed by atoms with E-state index in [2.05, 4.69) is 9.88 Å². The highest BCUT2D eigenvalue weighted by Gasteiger charge is 2.19. The molecule has 1 amide bonds. The molecule has 0 unspecified atom stereocenters. The molecule has 1 aliphatic rings. The molecule has 6 nitrogen and oxygen atoms in total. The number of methoxy groups -OCH3 is 1. The minimum atomic E-state index is 0.503. The first-order chi connectivity index (χ1) is 9.35. The molecule has 0 radical (unpaired) electrons. The minimum Gasteiger partial charge on any atom is -0.487 e.